The second-order valence-electron chi connectivity index (χ2n) is 4.22. The van der Waals surface area contributed by atoms with Crippen molar-refractivity contribution in [3.05, 3.63) is 28.0 Å². The van der Waals surface area contributed by atoms with Gasteiger partial charge in [-0.25, -0.2) is 4.79 Å². The van der Waals surface area contributed by atoms with Crippen LogP contribution in [0.3, 0.4) is 0 Å². The molecule has 1 saturated heterocycles. The molecular formula is C12H13NO5S. The van der Waals surface area contributed by atoms with Crippen LogP contribution in [0.5, 0.6) is 0 Å². The van der Waals surface area contributed by atoms with E-state index in [1.54, 1.807) is 11.4 Å². The molecule has 1 amide bonds. The number of carbonyl (C=O) groups excluding carboxylic acids is 1. The summed E-state index contributed by atoms with van der Waals surface area (Å²) in [6.07, 6.45) is 0.463. The van der Waals surface area contributed by atoms with Gasteiger partial charge in [-0.1, -0.05) is 0 Å². The first-order valence-electron chi connectivity index (χ1n) is 5.63. The van der Waals surface area contributed by atoms with Gasteiger partial charge in [0.1, 0.15) is 0 Å². The minimum atomic E-state index is -1.09. The van der Waals surface area contributed by atoms with Crippen LogP contribution in [-0.2, 0) is 4.79 Å². The molecule has 0 bridgehead atoms. The summed E-state index contributed by atoms with van der Waals surface area (Å²) in [4.78, 5) is 24.4. The number of carboxylic acid groups (broad SMARTS) is 1. The summed E-state index contributed by atoms with van der Waals surface area (Å²) >= 11 is 1.20. The maximum atomic E-state index is 12.2. The van der Waals surface area contributed by atoms with Crippen LogP contribution in [0.25, 0.3) is 6.08 Å². The summed E-state index contributed by atoms with van der Waals surface area (Å²) in [6.45, 7) is 0.167. The molecule has 102 valence electrons. The molecule has 1 aliphatic rings. The molecule has 2 heterocycles. The first-order valence-corrected chi connectivity index (χ1v) is 6.51. The van der Waals surface area contributed by atoms with E-state index in [1.165, 1.54) is 22.3 Å². The van der Waals surface area contributed by atoms with E-state index in [0.717, 1.165) is 6.08 Å². The lowest BCUT2D eigenvalue weighted by atomic mass is 10.2. The van der Waals surface area contributed by atoms with Gasteiger partial charge in [0.05, 0.1) is 17.1 Å². The summed E-state index contributed by atoms with van der Waals surface area (Å²) in [5, 5.41) is 29.1. The third-order valence-corrected chi connectivity index (χ3v) is 3.76. The molecule has 2 atom stereocenters. The van der Waals surface area contributed by atoms with Crippen molar-refractivity contribution >= 4 is 29.3 Å². The van der Waals surface area contributed by atoms with E-state index in [-0.39, 0.29) is 19.0 Å². The summed E-state index contributed by atoms with van der Waals surface area (Å²) in [6, 6.07) is 1.65. The number of thiophene rings is 1. The van der Waals surface area contributed by atoms with E-state index in [1.807, 2.05) is 0 Å². The predicted octanol–water partition coefficient (Wildman–Crippen LogP) is 0.0235. The highest BCUT2D eigenvalue weighted by Gasteiger charge is 2.33. The second kappa shape index (κ2) is 5.52. The van der Waals surface area contributed by atoms with Crippen LogP contribution >= 0.6 is 11.3 Å². The molecule has 0 saturated carbocycles. The highest BCUT2D eigenvalue weighted by molar-refractivity contribution is 7.12. The smallest absolute Gasteiger partial charge is 0.328 e. The Kier molecular flexibility index (Phi) is 3.98. The van der Waals surface area contributed by atoms with Crippen molar-refractivity contribution in [2.45, 2.75) is 12.2 Å². The molecule has 0 aromatic carbocycles. The van der Waals surface area contributed by atoms with Crippen molar-refractivity contribution in [3.63, 3.8) is 0 Å². The number of carbonyl (C=O) groups is 2. The number of β-amino-alcohol motifs (C(OH)–C–C–N with tert-alkyl or cyclic N) is 2. The SMILES string of the molecule is O=C(O)/C=C/c1ccsc1C(=O)N1CC(O)C(O)C1. The van der Waals surface area contributed by atoms with Crippen molar-refractivity contribution in [1.82, 2.24) is 4.90 Å². The molecule has 2 unspecified atom stereocenters. The van der Waals surface area contributed by atoms with Crippen LogP contribution in [0, 0.1) is 0 Å². The van der Waals surface area contributed by atoms with Crippen molar-refractivity contribution in [3.8, 4) is 0 Å². The average molecular weight is 283 g/mol. The number of aliphatic carboxylic acids is 1. The predicted molar refractivity (Wildman–Crippen MR) is 68.9 cm³/mol. The van der Waals surface area contributed by atoms with E-state index in [2.05, 4.69) is 0 Å². The molecule has 0 spiro atoms. The first-order chi connectivity index (χ1) is 8.99. The lowest BCUT2D eigenvalue weighted by molar-refractivity contribution is -0.131. The van der Waals surface area contributed by atoms with Crippen LogP contribution in [0.1, 0.15) is 15.2 Å². The van der Waals surface area contributed by atoms with Crippen molar-refractivity contribution in [1.29, 1.82) is 0 Å². The normalized spacial score (nSPS) is 23.2. The Morgan fingerprint density at radius 1 is 1.32 bits per heavy atom. The van der Waals surface area contributed by atoms with Crippen LogP contribution in [0.2, 0.25) is 0 Å². The average Bonchev–Trinajstić information content (AvgIpc) is 2.93. The number of hydrogen-bond donors (Lipinski definition) is 3. The Balaban J connectivity index is 2.16. The van der Waals surface area contributed by atoms with Crippen LogP contribution in [-0.4, -0.2) is 57.4 Å². The minimum Gasteiger partial charge on any atom is -0.478 e. The molecule has 7 heteroatoms. The van der Waals surface area contributed by atoms with E-state index in [9.17, 15) is 19.8 Å². The zero-order valence-electron chi connectivity index (χ0n) is 9.89. The van der Waals surface area contributed by atoms with E-state index >= 15 is 0 Å². The number of likely N-dealkylation sites (tertiary alicyclic amines) is 1. The third kappa shape index (κ3) is 3.01. The fraction of sp³-hybridized carbons (Fsp3) is 0.333. The van der Waals surface area contributed by atoms with Gasteiger partial charge in [-0.2, -0.15) is 0 Å². The Bertz CT molecular complexity index is 514. The molecule has 1 aliphatic heterocycles. The summed E-state index contributed by atoms with van der Waals surface area (Å²) in [5.74, 6) is -1.40. The first kappa shape index (κ1) is 13.7. The van der Waals surface area contributed by atoms with Crippen LogP contribution < -0.4 is 0 Å². The maximum Gasteiger partial charge on any atom is 0.328 e. The van der Waals surface area contributed by atoms with E-state index in [4.69, 9.17) is 5.11 Å². The molecule has 2 rings (SSSR count). The highest BCUT2D eigenvalue weighted by Crippen LogP contribution is 2.22. The Labute approximate surface area is 113 Å². The lowest BCUT2D eigenvalue weighted by Gasteiger charge is -2.14. The molecule has 0 radical (unpaired) electrons. The zero-order valence-corrected chi connectivity index (χ0v) is 10.7. The summed E-state index contributed by atoms with van der Waals surface area (Å²) in [7, 11) is 0. The lowest BCUT2D eigenvalue weighted by Crippen LogP contribution is -2.29. The molecule has 3 N–H and O–H groups in total. The number of amides is 1. The zero-order chi connectivity index (χ0) is 14.0. The highest BCUT2D eigenvalue weighted by atomic mass is 32.1. The van der Waals surface area contributed by atoms with Crippen LogP contribution in [0.4, 0.5) is 0 Å². The van der Waals surface area contributed by atoms with Gasteiger partial charge in [0.2, 0.25) is 0 Å². The maximum absolute atomic E-state index is 12.2. The monoisotopic (exact) mass is 283 g/mol. The van der Waals surface area contributed by atoms with Gasteiger partial charge < -0.3 is 20.2 Å². The van der Waals surface area contributed by atoms with Gasteiger partial charge in [0, 0.05) is 19.2 Å². The van der Waals surface area contributed by atoms with Gasteiger partial charge in [-0.3, -0.25) is 4.79 Å². The number of carboxylic acids is 1. The minimum absolute atomic E-state index is 0.0833. The molecule has 6 nitrogen and oxygen atoms in total. The standard InChI is InChI=1S/C12H13NO5S/c14-8-5-13(6-9(8)15)12(18)11-7(3-4-19-11)1-2-10(16)17/h1-4,8-9,14-15H,5-6H2,(H,16,17)/b2-1+. The largest absolute Gasteiger partial charge is 0.478 e. The van der Waals surface area contributed by atoms with E-state index in [0.29, 0.717) is 10.4 Å². The van der Waals surface area contributed by atoms with Crippen molar-refractivity contribution in [2.75, 3.05) is 13.1 Å². The second-order valence-corrected chi connectivity index (χ2v) is 5.14. The number of aliphatic hydroxyl groups excluding tert-OH is 2. The van der Waals surface area contributed by atoms with Crippen LogP contribution in [0.15, 0.2) is 17.5 Å². The van der Waals surface area contributed by atoms with Gasteiger partial charge in [-0.15, -0.1) is 11.3 Å². The third-order valence-electron chi connectivity index (χ3n) is 2.84. The van der Waals surface area contributed by atoms with Crippen molar-refractivity contribution in [2.24, 2.45) is 0 Å². The van der Waals surface area contributed by atoms with Gasteiger partial charge in [-0.05, 0) is 23.1 Å². The number of rotatable bonds is 3. The molecular weight excluding hydrogens is 270 g/mol. The fourth-order valence-electron chi connectivity index (χ4n) is 1.86. The topological polar surface area (TPSA) is 98.1 Å². The molecule has 1 aromatic rings. The summed E-state index contributed by atoms with van der Waals surface area (Å²) < 4.78 is 0. The van der Waals surface area contributed by atoms with E-state index < -0.39 is 18.2 Å². The Morgan fingerprint density at radius 3 is 2.53 bits per heavy atom. The number of nitrogens with zero attached hydrogens (tertiary/aromatic N) is 1. The number of aliphatic hydroxyl groups is 2. The van der Waals surface area contributed by atoms with Gasteiger partial charge >= 0.3 is 5.97 Å². The molecule has 1 aromatic heterocycles. The quantitative estimate of drug-likeness (QED) is 0.680. The molecule has 19 heavy (non-hydrogen) atoms. The fourth-order valence-corrected chi connectivity index (χ4v) is 2.72. The van der Waals surface area contributed by atoms with Gasteiger partial charge in [0.25, 0.3) is 5.91 Å². The molecule has 1 fully saturated rings. The van der Waals surface area contributed by atoms with Crippen molar-refractivity contribution < 1.29 is 24.9 Å². The summed E-state index contributed by atoms with van der Waals surface area (Å²) in [5.41, 5.74) is 0.522. The Morgan fingerprint density at radius 2 is 1.95 bits per heavy atom. The van der Waals surface area contributed by atoms with Gasteiger partial charge in [0.15, 0.2) is 0 Å². The number of hydrogen-bond acceptors (Lipinski definition) is 5. The Hall–Kier alpha value is -1.70. The molecule has 0 aliphatic carbocycles.